The lowest BCUT2D eigenvalue weighted by atomic mass is 10.2. The van der Waals surface area contributed by atoms with Crippen molar-refractivity contribution in [1.29, 1.82) is 5.26 Å². The van der Waals surface area contributed by atoms with E-state index in [-0.39, 0.29) is 12.5 Å². The molecule has 1 rings (SSSR count). The number of nitriles is 1. The highest BCUT2D eigenvalue weighted by atomic mass is 16.5. The third-order valence-electron chi connectivity index (χ3n) is 1.96. The molecule has 0 radical (unpaired) electrons. The van der Waals surface area contributed by atoms with E-state index in [1.54, 1.807) is 0 Å². The van der Waals surface area contributed by atoms with Gasteiger partial charge in [0.15, 0.2) is 11.5 Å². The maximum atomic E-state index is 8.46. The van der Waals surface area contributed by atoms with Crippen LogP contribution in [0.15, 0.2) is 24.3 Å². The lowest BCUT2D eigenvalue weighted by Gasteiger charge is -2.13. The van der Waals surface area contributed by atoms with Crippen LogP contribution < -0.4 is 15.2 Å². The Bertz CT molecular complexity index is 360. The van der Waals surface area contributed by atoms with Crippen LogP contribution in [0, 0.1) is 11.3 Å². The average molecular weight is 220 g/mol. The molecule has 0 saturated carbocycles. The Morgan fingerprint density at radius 1 is 1.31 bits per heavy atom. The molecular weight excluding hydrogens is 204 g/mol. The molecule has 1 aromatic carbocycles. The Morgan fingerprint density at radius 2 is 1.94 bits per heavy atom. The van der Waals surface area contributed by atoms with Crippen LogP contribution in [0.5, 0.6) is 11.5 Å². The number of nitrogens with zero attached hydrogens (tertiary/aromatic N) is 1. The van der Waals surface area contributed by atoms with Crippen LogP contribution in [0.2, 0.25) is 0 Å². The molecule has 4 heteroatoms. The Kier molecular flexibility index (Phi) is 5.17. The van der Waals surface area contributed by atoms with Crippen LogP contribution >= 0.6 is 0 Å². The zero-order chi connectivity index (χ0) is 11.8. The fourth-order valence-corrected chi connectivity index (χ4v) is 1.22. The number of ether oxygens (including phenoxy) is 2. The number of rotatable bonds is 6. The lowest BCUT2D eigenvalue weighted by molar-refractivity contribution is 0.261. The summed E-state index contributed by atoms with van der Waals surface area (Å²) in [5.74, 6) is 1.37. The van der Waals surface area contributed by atoms with Crippen molar-refractivity contribution in [2.24, 2.45) is 5.73 Å². The first-order chi connectivity index (χ1) is 7.77. The molecule has 0 aliphatic heterocycles. The normalized spacial score (nSPS) is 11.6. The van der Waals surface area contributed by atoms with Gasteiger partial charge in [-0.05, 0) is 19.1 Å². The van der Waals surface area contributed by atoms with Gasteiger partial charge in [0.05, 0.1) is 25.1 Å². The first kappa shape index (κ1) is 12.3. The minimum atomic E-state index is -0.264. The first-order valence-electron chi connectivity index (χ1n) is 5.25. The topological polar surface area (TPSA) is 68.3 Å². The third-order valence-corrected chi connectivity index (χ3v) is 1.96. The zero-order valence-electron chi connectivity index (χ0n) is 9.35. The van der Waals surface area contributed by atoms with E-state index in [1.807, 2.05) is 37.3 Å². The van der Waals surface area contributed by atoms with Gasteiger partial charge in [0, 0.05) is 0 Å². The minimum absolute atomic E-state index is 0.264. The van der Waals surface area contributed by atoms with Gasteiger partial charge in [-0.25, -0.2) is 0 Å². The zero-order valence-corrected chi connectivity index (χ0v) is 9.35. The summed E-state index contributed by atoms with van der Waals surface area (Å²) >= 11 is 0. The highest BCUT2D eigenvalue weighted by Crippen LogP contribution is 2.26. The van der Waals surface area contributed by atoms with Crippen molar-refractivity contribution >= 4 is 0 Å². The summed E-state index contributed by atoms with van der Waals surface area (Å²) in [6.45, 7) is 2.82. The molecule has 1 aromatic rings. The highest BCUT2D eigenvalue weighted by molar-refractivity contribution is 5.39. The van der Waals surface area contributed by atoms with Gasteiger partial charge in [0.2, 0.25) is 0 Å². The van der Waals surface area contributed by atoms with E-state index >= 15 is 0 Å². The minimum Gasteiger partial charge on any atom is -0.490 e. The molecule has 0 aliphatic rings. The first-order valence-corrected chi connectivity index (χ1v) is 5.25. The number of para-hydroxylation sites is 2. The van der Waals surface area contributed by atoms with Gasteiger partial charge >= 0.3 is 0 Å². The summed E-state index contributed by atoms with van der Waals surface area (Å²) in [4.78, 5) is 0. The molecular formula is C12H16N2O2. The van der Waals surface area contributed by atoms with Crippen LogP contribution in [0.25, 0.3) is 0 Å². The molecule has 0 fully saturated rings. The second kappa shape index (κ2) is 6.70. The monoisotopic (exact) mass is 220 g/mol. The summed E-state index contributed by atoms with van der Waals surface area (Å²) in [5.41, 5.74) is 5.67. The van der Waals surface area contributed by atoms with Crippen LogP contribution in [0.4, 0.5) is 0 Å². The second-order valence-corrected chi connectivity index (χ2v) is 3.31. The van der Waals surface area contributed by atoms with Crippen molar-refractivity contribution in [3.8, 4) is 17.6 Å². The fraction of sp³-hybridized carbons (Fsp3) is 0.417. The van der Waals surface area contributed by atoms with Gasteiger partial charge in [-0.2, -0.15) is 5.26 Å². The largest absolute Gasteiger partial charge is 0.490 e. The van der Waals surface area contributed by atoms with E-state index in [9.17, 15) is 0 Å². The van der Waals surface area contributed by atoms with Gasteiger partial charge in [0.25, 0.3) is 0 Å². The maximum Gasteiger partial charge on any atom is 0.161 e. The van der Waals surface area contributed by atoms with Crippen molar-refractivity contribution in [3.05, 3.63) is 24.3 Å². The van der Waals surface area contributed by atoms with E-state index in [4.69, 9.17) is 20.5 Å². The van der Waals surface area contributed by atoms with Gasteiger partial charge in [-0.15, -0.1) is 0 Å². The average Bonchev–Trinajstić information content (AvgIpc) is 2.29. The van der Waals surface area contributed by atoms with E-state index in [0.717, 1.165) is 0 Å². The summed E-state index contributed by atoms with van der Waals surface area (Å²) in [5, 5.41) is 8.46. The summed E-state index contributed by atoms with van der Waals surface area (Å²) in [6, 6.07) is 9.16. The Labute approximate surface area is 95.6 Å². The molecule has 0 aliphatic carbocycles. The van der Waals surface area contributed by atoms with Crippen LogP contribution in [0.1, 0.15) is 13.3 Å². The second-order valence-electron chi connectivity index (χ2n) is 3.31. The summed E-state index contributed by atoms with van der Waals surface area (Å²) in [7, 11) is 0. The quantitative estimate of drug-likeness (QED) is 0.792. The van der Waals surface area contributed by atoms with Gasteiger partial charge in [-0.1, -0.05) is 12.1 Å². The van der Waals surface area contributed by atoms with E-state index in [0.29, 0.717) is 24.7 Å². The van der Waals surface area contributed by atoms with Crippen molar-refractivity contribution < 1.29 is 9.47 Å². The highest BCUT2D eigenvalue weighted by Gasteiger charge is 2.06. The molecule has 0 saturated heterocycles. The van der Waals surface area contributed by atoms with Crippen LogP contribution in [-0.4, -0.2) is 19.3 Å². The lowest BCUT2D eigenvalue weighted by Crippen LogP contribution is -2.27. The Hall–Kier alpha value is -1.73. The molecule has 1 unspecified atom stereocenters. The molecule has 0 amide bonds. The Balaban J connectivity index is 2.56. The maximum absolute atomic E-state index is 8.46. The molecule has 0 spiro atoms. The van der Waals surface area contributed by atoms with E-state index < -0.39 is 0 Å². The molecule has 0 bridgehead atoms. The summed E-state index contributed by atoms with van der Waals surface area (Å²) < 4.78 is 10.9. The molecule has 2 N–H and O–H groups in total. The predicted molar refractivity (Wildman–Crippen MR) is 61.3 cm³/mol. The van der Waals surface area contributed by atoms with Gasteiger partial charge in [0.1, 0.15) is 6.61 Å². The van der Waals surface area contributed by atoms with E-state index in [2.05, 4.69) is 0 Å². The number of nitrogens with two attached hydrogens (primary N) is 1. The molecule has 4 nitrogen and oxygen atoms in total. The summed E-state index contributed by atoms with van der Waals surface area (Å²) in [6.07, 6.45) is 0.288. The molecule has 0 heterocycles. The van der Waals surface area contributed by atoms with Crippen molar-refractivity contribution in [1.82, 2.24) is 0 Å². The van der Waals surface area contributed by atoms with Gasteiger partial charge < -0.3 is 15.2 Å². The molecule has 86 valence electrons. The smallest absolute Gasteiger partial charge is 0.161 e. The molecule has 16 heavy (non-hydrogen) atoms. The SMILES string of the molecule is CCOc1ccccc1OCC(N)CC#N. The Morgan fingerprint density at radius 3 is 2.50 bits per heavy atom. The molecule has 0 aromatic heterocycles. The standard InChI is InChI=1S/C12H16N2O2/c1-2-15-11-5-3-4-6-12(11)16-9-10(14)7-8-13/h3-6,10H,2,7,9,14H2,1H3. The third kappa shape index (κ3) is 3.79. The number of benzene rings is 1. The van der Waals surface area contributed by atoms with E-state index in [1.165, 1.54) is 0 Å². The van der Waals surface area contributed by atoms with Crippen molar-refractivity contribution in [2.75, 3.05) is 13.2 Å². The van der Waals surface area contributed by atoms with Crippen molar-refractivity contribution in [3.63, 3.8) is 0 Å². The number of hydrogen-bond donors (Lipinski definition) is 1. The fourth-order valence-electron chi connectivity index (χ4n) is 1.22. The van der Waals surface area contributed by atoms with Crippen LogP contribution in [-0.2, 0) is 0 Å². The van der Waals surface area contributed by atoms with Crippen molar-refractivity contribution in [2.45, 2.75) is 19.4 Å². The molecule has 1 atom stereocenters. The van der Waals surface area contributed by atoms with Gasteiger partial charge in [-0.3, -0.25) is 0 Å². The van der Waals surface area contributed by atoms with Crippen LogP contribution in [0.3, 0.4) is 0 Å². The number of hydrogen-bond acceptors (Lipinski definition) is 4. The predicted octanol–water partition coefficient (Wildman–Crippen LogP) is 1.71.